The Hall–Kier alpha value is -0.920. The van der Waals surface area contributed by atoms with E-state index < -0.39 is 0 Å². The molecule has 0 aliphatic rings. The van der Waals surface area contributed by atoms with Crippen LogP contribution in [0.3, 0.4) is 0 Å². The van der Waals surface area contributed by atoms with E-state index >= 15 is 0 Å². The van der Waals surface area contributed by atoms with Gasteiger partial charge in [0.15, 0.2) is 0 Å². The topological polar surface area (TPSA) is 36.7 Å². The SMILES string of the molecule is N#Cc1ccc2c(Br)ccc(Br)c2n1. The third-order valence-electron chi connectivity index (χ3n) is 1.87. The maximum atomic E-state index is 8.72. The molecule has 1 aromatic carbocycles. The lowest BCUT2D eigenvalue weighted by Crippen LogP contribution is -1.85. The lowest BCUT2D eigenvalue weighted by atomic mass is 10.2. The highest BCUT2D eigenvalue weighted by Crippen LogP contribution is 2.28. The number of halogens is 2. The first kappa shape index (κ1) is 9.63. The largest absolute Gasteiger partial charge is 0.236 e. The van der Waals surface area contributed by atoms with E-state index in [9.17, 15) is 0 Å². The first-order chi connectivity index (χ1) is 6.72. The Morgan fingerprint density at radius 2 is 1.79 bits per heavy atom. The van der Waals surface area contributed by atoms with Gasteiger partial charge in [0.1, 0.15) is 11.8 Å². The Morgan fingerprint density at radius 3 is 2.50 bits per heavy atom. The molecule has 0 atom stereocenters. The number of nitriles is 1. The maximum Gasteiger partial charge on any atom is 0.141 e. The molecule has 2 aromatic rings. The van der Waals surface area contributed by atoms with Crippen LogP contribution < -0.4 is 0 Å². The van der Waals surface area contributed by atoms with E-state index in [1.54, 1.807) is 6.07 Å². The normalized spacial score (nSPS) is 10.1. The number of rotatable bonds is 0. The zero-order valence-corrected chi connectivity index (χ0v) is 10.1. The number of fused-ring (bicyclic) bond motifs is 1. The van der Waals surface area contributed by atoms with Crippen LogP contribution in [0.15, 0.2) is 33.2 Å². The Kier molecular flexibility index (Phi) is 2.53. The van der Waals surface area contributed by atoms with Gasteiger partial charge >= 0.3 is 0 Å². The van der Waals surface area contributed by atoms with Gasteiger partial charge in [0, 0.05) is 14.3 Å². The van der Waals surface area contributed by atoms with Crippen molar-refractivity contribution in [2.45, 2.75) is 0 Å². The minimum absolute atomic E-state index is 0.427. The van der Waals surface area contributed by atoms with E-state index in [-0.39, 0.29) is 0 Å². The molecule has 0 unspecified atom stereocenters. The Labute approximate surface area is 97.8 Å². The summed E-state index contributed by atoms with van der Waals surface area (Å²) in [6.07, 6.45) is 0. The molecule has 1 heterocycles. The number of pyridine rings is 1. The molecular formula is C10H4Br2N2. The molecule has 0 aliphatic heterocycles. The second-order valence-corrected chi connectivity index (χ2v) is 4.44. The molecule has 0 saturated carbocycles. The van der Waals surface area contributed by atoms with Crippen molar-refractivity contribution in [3.8, 4) is 6.07 Å². The fourth-order valence-corrected chi connectivity index (χ4v) is 2.10. The molecule has 2 rings (SSSR count). The standard InChI is InChI=1S/C10H4Br2N2/c11-8-3-4-9(12)10-7(8)2-1-6(5-13)14-10/h1-4H. The molecule has 14 heavy (non-hydrogen) atoms. The van der Waals surface area contributed by atoms with Crippen molar-refractivity contribution in [2.24, 2.45) is 0 Å². The van der Waals surface area contributed by atoms with E-state index in [0.29, 0.717) is 5.69 Å². The van der Waals surface area contributed by atoms with Crippen LogP contribution in [0.25, 0.3) is 10.9 Å². The van der Waals surface area contributed by atoms with Gasteiger partial charge in [-0.05, 0) is 40.2 Å². The van der Waals surface area contributed by atoms with Crippen LogP contribution in [0.1, 0.15) is 5.69 Å². The number of hydrogen-bond acceptors (Lipinski definition) is 2. The summed E-state index contributed by atoms with van der Waals surface area (Å²) in [6.45, 7) is 0. The summed E-state index contributed by atoms with van der Waals surface area (Å²) < 4.78 is 1.88. The first-order valence-corrected chi connectivity index (χ1v) is 5.46. The van der Waals surface area contributed by atoms with Crippen LogP contribution in [0.4, 0.5) is 0 Å². The predicted molar refractivity (Wildman–Crippen MR) is 61.9 cm³/mol. The van der Waals surface area contributed by atoms with E-state index in [1.807, 2.05) is 24.3 Å². The smallest absolute Gasteiger partial charge is 0.141 e. The van der Waals surface area contributed by atoms with Crippen molar-refractivity contribution >= 4 is 42.8 Å². The number of nitrogens with zero attached hydrogens (tertiary/aromatic N) is 2. The maximum absolute atomic E-state index is 8.72. The van der Waals surface area contributed by atoms with E-state index in [0.717, 1.165) is 19.8 Å². The molecule has 68 valence electrons. The van der Waals surface area contributed by atoms with Gasteiger partial charge in [0.05, 0.1) is 5.52 Å². The van der Waals surface area contributed by atoms with Gasteiger partial charge < -0.3 is 0 Å². The van der Waals surface area contributed by atoms with Gasteiger partial charge in [-0.3, -0.25) is 0 Å². The van der Waals surface area contributed by atoms with Gasteiger partial charge in [-0.25, -0.2) is 4.98 Å². The van der Waals surface area contributed by atoms with Gasteiger partial charge in [-0.15, -0.1) is 0 Å². The highest BCUT2D eigenvalue weighted by molar-refractivity contribution is 9.11. The zero-order valence-electron chi connectivity index (χ0n) is 6.96. The summed E-state index contributed by atoms with van der Waals surface area (Å²) >= 11 is 6.84. The molecule has 4 heteroatoms. The lowest BCUT2D eigenvalue weighted by Gasteiger charge is -2.01. The molecule has 0 saturated heterocycles. The molecule has 0 radical (unpaired) electrons. The van der Waals surface area contributed by atoms with E-state index in [1.165, 1.54) is 0 Å². The molecule has 0 fully saturated rings. The summed E-state index contributed by atoms with van der Waals surface area (Å²) in [6, 6.07) is 9.46. The predicted octanol–water partition coefficient (Wildman–Crippen LogP) is 3.63. The Morgan fingerprint density at radius 1 is 1.07 bits per heavy atom. The van der Waals surface area contributed by atoms with Crippen molar-refractivity contribution in [1.82, 2.24) is 4.98 Å². The zero-order chi connectivity index (χ0) is 10.1. The second kappa shape index (κ2) is 3.68. The molecule has 0 spiro atoms. The molecule has 2 nitrogen and oxygen atoms in total. The monoisotopic (exact) mass is 310 g/mol. The van der Waals surface area contributed by atoms with Crippen molar-refractivity contribution < 1.29 is 0 Å². The summed E-state index contributed by atoms with van der Waals surface area (Å²) in [5, 5.41) is 9.72. The average molecular weight is 312 g/mol. The van der Waals surface area contributed by atoms with Crippen LogP contribution in [0.2, 0.25) is 0 Å². The highest BCUT2D eigenvalue weighted by Gasteiger charge is 2.04. The van der Waals surface area contributed by atoms with Crippen molar-refractivity contribution in [3.05, 3.63) is 38.9 Å². The number of benzene rings is 1. The van der Waals surface area contributed by atoms with Gasteiger partial charge in [-0.2, -0.15) is 5.26 Å². The molecule has 0 aliphatic carbocycles. The molecule has 0 N–H and O–H groups in total. The van der Waals surface area contributed by atoms with Crippen LogP contribution in [0.5, 0.6) is 0 Å². The summed E-state index contributed by atoms with van der Waals surface area (Å²) in [5.74, 6) is 0. The Balaban J connectivity index is 2.89. The number of aromatic nitrogens is 1. The molecule has 0 amide bonds. The minimum atomic E-state index is 0.427. The summed E-state index contributed by atoms with van der Waals surface area (Å²) in [7, 11) is 0. The third-order valence-corrected chi connectivity index (χ3v) is 3.20. The summed E-state index contributed by atoms with van der Waals surface area (Å²) in [5.41, 5.74) is 1.23. The highest BCUT2D eigenvalue weighted by atomic mass is 79.9. The molecule has 0 bridgehead atoms. The van der Waals surface area contributed by atoms with Crippen LogP contribution in [0, 0.1) is 11.3 Å². The fraction of sp³-hybridized carbons (Fsp3) is 0. The third kappa shape index (κ3) is 1.54. The van der Waals surface area contributed by atoms with Gasteiger partial charge in [0.25, 0.3) is 0 Å². The van der Waals surface area contributed by atoms with E-state index in [2.05, 4.69) is 36.8 Å². The van der Waals surface area contributed by atoms with Crippen molar-refractivity contribution in [3.63, 3.8) is 0 Å². The number of hydrogen-bond donors (Lipinski definition) is 0. The second-order valence-electron chi connectivity index (χ2n) is 2.73. The van der Waals surface area contributed by atoms with Crippen LogP contribution >= 0.6 is 31.9 Å². The Bertz CT molecular complexity index is 544. The van der Waals surface area contributed by atoms with E-state index in [4.69, 9.17) is 5.26 Å². The fourth-order valence-electron chi connectivity index (χ4n) is 1.21. The lowest BCUT2D eigenvalue weighted by molar-refractivity contribution is 1.32. The van der Waals surface area contributed by atoms with Crippen LogP contribution in [-0.4, -0.2) is 4.98 Å². The van der Waals surface area contributed by atoms with Gasteiger partial charge in [-0.1, -0.05) is 15.9 Å². The van der Waals surface area contributed by atoms with Crippen molar-refractivity contribution in [1.29, 1.82) is 5.26 Å². The summed E-state index contributed by atoms with van der Waals surface area (Å²) in [4.78, 5) is 4.22. The minimum Gasteiger partial charge on any atom is -0.236 e. The molecule has 1 aromatic heterocycles. The first-order valence-electron chi connectivity index (χ1n) is 3.87. The quantitative estimate of drug-likeness (QED) is 0.745. The van der Waals surface area contributed by atoms with Gasteiger partial charge in [0.2, 0.25) is 0 Å². The van der Waals surface area contributed by atoms with Crippen LogP contribution in [-0.2, 0) is 0 Å². The van der Waals surface area contributed by atoms with Crippen molar-refractivity contribution in [2.75, 3.05) is 0 Å². The molecular weight excluding hydrogens is 308 g/mol. The average Bonchev–Trinajstić information content (AvgIpc) is 2.23.